The molecule has 19 heavy (non-hydrogen) atoms. The third-order valence-corrected chi connectivity index (χ3v) is 4.05. The van der Waals surface area contributed by atoms with Gasteiger partial charge in [0.2, 0.25) is 5.91 Å². The fourth-order valence-corrected chi connectivity index (χ4v) is 2.79. The molecular formula is C15H20N2O2. The minimum absolute atomic E-state index is 0.00282. The fraction of sp³-hybridized carbons (Fsp3) is 0.533. The summed E-state index contributed by atoms with van der Waals surface area (Å²) in [4.78, 5) is 12.3. The van der Waals surface area contributed by atoms with E-state index < -0.39 is 0 Å². The van der Waals surface area contributed by atoms with Gasteiger partial charge < -0.3 is 15.4 Å². The maximum absolute atomic E-state index is 12.3. The molecule has 2 heterocycles. The maximum Gasteiger partial charge on any atom is 0.224 e. The minimum Gasteiger partial charge on any atom is -0.491 e. The van der Waals surface area contributed by atoms with Crippen molar-refractivity contribution in [3.8, 4) is 5.75 Å². The van der Waals surface area contributed by atoms with E-state index in [-0.39, 0.29) is 17.9 Å². The molecule has 0 saturated carbocycles. The Morgan fingerprint density at radius 1 is 1.37 bits per heavy atom. The quantitative estimate of drug-likeness (QED) is 0.849. The molecule has 1 saturated heterocycles. The van der Waals surface area contributed by atoms with E-state index >= 15 is 0 Å². The van der Waals surface area contributed by atoms with Crippen molar-refractivity contribution < 1.29 is 9.53 Å². The summed E-state index contributed by atoms with van der Waals surface area (Å²) in [5, 5.41) is 6.48. The zero-order valence-electron chi connectivity index (χ0n) is 11.2. The Morgan fingerprint density at radius 3 is 3.00 bits per heavy atom. The summed E-state index contributed by atoms with van der Waals surface area (Å²) in [6, 6.07) is 8.44. The van der Waals surface area contributed by atoms with Crippen LogP contribution in [-0.4, -0.2) is 25.1 Å². The van der Waals surface area contributed by atoms with Crippen LogP contribution >= 0.6 is 0 Å². The minimum atomic E-state index is 0.00282. The van der Waals surface area contributed by atoms with Crippen LogP contribution in [0.15, 0.2) is 24.3 Å². The van der Waals surface area contributed by atoms with Gasteiger partial charge in [-0.3, -0.25) is 4.79 Å². The molecule has 2 aliphatic heterocycles. The van der Waals surface area contributed by atoms with E-state index in [1.165, 1.54) is 0 Å². The lowest BCUT2D eigenvalue weighted by Crippen LogP contribution is -2.45. The lowest BCUT2D eigenvalue weighted by atomic mass is 9.94. The van der Waals surface area contributed by atoms with Gasteiger partial charge in [-0.05, 0) is 25.8 Å². The van der Waals surface area contributed by atoms with Crippen molar-refractivity contribution in [2.75, 3.05) is 13.2 Å². The number of rotatable bonds is 2. The molecule has 1 fully saturated rings. The third-order valence-electron chi connectivity index (χ3n) is 4.05. The van der Waals surface area contributed by atoms with E-state index in [2.05, 4.69) is 17.6 Å². The lowest BCUT2D eigenvalue weighted by molar-refractivity contribution is -0.126. The number of hydrogen-bond acceptors (Lipinski definition) is 3. The van der Waals surface area contributed by atoms with Crippen LogP contribution in [0, 0.1) is 5.92 Å². The number of nitrogens with one attached hydrogen (secondary N) is 2. The Morgan fingerprint density at radius 2 is 2.21 bits per heavy atom. The normalized spacial score (nSPS) is 29.4. The molecule has 1 aromatic carbocycles. The first-order chi connectivity index (χ1) is 9.24. The monoisotopic (exact) mass is 260 g/mol. The van der Waals surface area contributed by atoms with Crippen molar-refractivity contribution >= 4 is 5.91 Å². The maximum atomic E-state index is 12.3. The second kappa shape index (κ2) is 5.21. The van der Waals surface area contributed by atoms with Gasteiger partial charge in [0.15, 0.2) is 0 Å². The number of carbonyl (C=O) groups is 1. The highest BCUT2D eigenvalue weighted by Gasteiger charge is 2.29. The van der Waals surface area contributed by atoms with Gasteiger partial charge in [0.1, 0.15) is 12.4 Å². The number of benzene rings is 1. The predicted octanol–water partition coefficient (Wildman–Crippen LogP) is 1.62. The summed E-state index contributed by atoms with van der Waals surface area (Å²) in [5.74, 6) is 1.12. The molecule has 1 amide bonds. The molecule has 3 unspecified atom stereocenters. The fourth-order valence-electron chi connectivity index (χ4n) is 2.79. The third kappa shape index (κ3) is 2.59. The highest BCUT2D eigenvalue weighted by atomic mass is 16.5. The van der Waals surface area contributed by atoms with Crippen LogP contribution in [0.5, 0.6) is 5.75 Å². The first kappa shape index (κ1) is 12.5. The summed E-state index contributed by atoms with van der Waals surface area (Å²) >= 11 is 0. The number of amides is 1. The Balaban J connectivity index is 1.62. The van der Waals surface area contributed by atoms with Gasteiger partial charge in [-0.1, -0.05) is 18.2 Å². The highest BCUT2D eigenvalue weighted by molar-refractivity contribution is 5.79. The number of hydrogen-bond donors (Lipinski definition) is 2. The number of piperidine rings is 1. The standard InChI is InChI=1S/C15H20N2O2/c1-10-6-7-11(8-16-10)15(18)17-13-9-19-14-5-3-2-4-12(13)14/h2-5,10-11,13,16H,6-9H2,1H3,(H,17,18). The van der Waals surface area contributed by atoms with Crippen molar-refractivity contribution in [1.29, 1.82) is 0 Å². The van der Waals surface area contributed by atoms with Crippen LogP contribution in [0.25, 0.3) is 0 Å². The molecule has 0 bridgehead atoms. The van der Waals surface area contributed by atoms with E-state index in [0.717, 1.165) is 30.7 Å². The molecule has 2 aliphatic rings. The van der Waals surface area contributed by atoms with Crippen LogP contribution in [-0.2, 0) is 4.79 Å². The molecule has 3 atom stereocenters. The Bertz CT molecular complexity index is 467. The topological polar surface area (TPSA) is 50.4 Å². The van der Waals surface area contributed by atoms with E-state index in [9.17, 15) is 4.79 Å². The van der Waals surface area contributed by atoms with Crippen molar-refractivity contribution in [1.82, 2.24) is 10.6 Å². The molecule has 0 aromatic heterocycles. The van der Waals surface area contributed by atoms with Gasteiger partial charge >= 0.3 is 0 Å². The molecule has 0 spiro atoms. The van der Waals surface area contributed by atoms with Gasteiger partial charge in [-0.15, -0.1) is 0 Å². The summed E-state index contributed by atoms with van der Waals surface area (Å²) in [6.07, 6.45) is 2.03. The molecule has 0 radical (unpaired) electrons. The van der Waals surface area contributed by atoms with E-state index in [4.69, 9.17) is 4.74 Å². The van der Waals surface area contributed by atoms with Gasteiger partial charge in [-0.25, -0.2) is 0 Å². The smallest absolute Gasteiger partial charge is 0.224 e. The van der Waals surface area contributed by atoms with Crippen LogP contribution in [0.2, 0.25) is 0 Å². The number of ether oxygens (including phenoxy) is 1. The van der Waals surface area contributed by atoms with Gasteiger partial charge in [0.25, 0.3) is 0 Å². The summed E-state index contributed by atoms with van der Waals surface area (Å²) in [6.45, 7) is 3.49. The number of para-hydroxylation sites is 1. The van der Waals surface area contributed by atoms with Gasteiger partial charge in [-0.2, -0.15) is 0 Å². The second-order valence-corrected chi connectivity index (χ2v) is 5.49. The lowest BCUT2D eigenvalue weighted by Gasteiger charge is -2.27. The van der Waals surface area contributed by atoms with Gasteiger partial charge in [0, 0.05) is 18.2 Å². The highest BCUT2D eigenvalue weighted by Crippen LogP contribution is 2.32. The zero-order chi connectivity index (χ0) is 13.2. The predicted molar refractivity (Wildman–Crippen MR) is 73.0 cm³/mol. The molecule has 3 rings (SSSR count). The van der Waals surface area contributed by atoms with E-state index in [0.29, 0.717) is 12.6 Å². The largest absolute Gasteiger partial charge is 0.491 e. The van der Waals surface area contributed by atoms with E-state index in [1.807, 2.05) is 24.3 Å². The first-order valence-corrected chi connectivity index (χ1v) is 6.99. The summed E-state index contributed by atoms with van der Waals surface area (Å²) in [5.41, 5.74) is 1.09. The molecule has 4 nitrogen and oxygen atoms in total. The average Bonchev–Trinajstić information content (AvgIpc) is 2.83. The summed E-state index contributed by atoms with van der Waals surface area (Å²) in [7, 11) is 0. The van der Waals surface area contributed by atoms with Crippen LogP contribution in [0.1, 0.15) is 31.4 Å². The van der Waals surface area contributed by atoms with Crippen molar-refractivity contribution in [2.24, 2.45) is 5.92 Å². The number of fused-ring (bicyclic) bond motifs is 1. The zero-order valence-corrected chi connectivity index (χ0v) is 11.2. The Hall–Kier alpha value is -1.55. The molecule has 1 aromatic rings. The van der Waals surface area contributed by atoms with E-state index in [1.54, 1.807) is 0 Å². The van der Waals surface area contributed by atoms with Crippen LogP contribution in [0.4, 0.5) is 0 Å². The Kier molecular flexibility index (Phi) is 3.42. The van der Waals surface area contributed by atoms with Crippen molar-refractivity contribution in [3.05, 3.63) is 29.8 Å². The average molecular weight is 260 g/mol. The molecule has 4 heteroatoms. The molecule has 2 N–H and O–H groups in total. The van der Waals surface area contributed by atoms with Crippen LogP contribution < -0.4 is 15.4 Å². The first-order valence-electron chi connectivity index (χ1n) is 6.99. The molecular weight excluding hydrogens is 240 g/mol. The second-order valence-electron chi connectivity index (χ2n) is 5.49. The SMILES string of the molecule is CC1CCC(C(=O)NC2COc3ccccc32)CN1. The number of carbonyl (C=O) groups excluding carboxylic acids is 1. The molecule has 102 valence electrons. The summed E-state index contributed by atoms with van der Waals surface area (Å²) < 4.78 is 5.59. The van der Waals surface area contributed by atoms with Crippen molar-refractivity contribution in [2.45, 2.75) is 31.8 Å². The van der Waals surface area contributed by atoms with Crippen LogP contribution in [0.3, 0.4) is 0 Å². The van der Waals surface area contributed by atoms with Gasteiger partial charge in [0.05, 0.1) is 12.0 Å². The molecule has 0 aliphatic carbocycles. The Labute approximate surface area is 113 Å². The van der Waals surface area contributed by atoms with Crippen molar-refractivity contribution in [3.63, 3.8) is 0 Å².